The summed E-state index contributed by atoms with van der Waals surface area (Å²) in [6, 6.07) is 24.6. The zero-order valence-corrected chi connectivity index (χ0v) is 23.3. The van der Waals surface area contributed by atoms with Crippen LogP contribution in [0.25, 0.3) is 31.8 Å². The van der Waals surface area contributed by atoms with E-state index in [2.05, 4.69) is 55.0 Å². The highest BCUT2D eigenvalue weighted by Crippen LogP contribution is 2.33. The highest BCUT2D eigenvalue weighted by Gasteiger charge is 2.21. The van der Waals surface area contributed by atoms with Crippen molar-refractivity contribution in [2.45, 2.75) is 11.1 Å². The number of nitrogens with zero attached hydrogens (tertiary/aromatic N) is 3. The Hall–Kier alpha value is -3.38. The lowest BCUT2D eigenvalue weighted by Crippen LogP contribution is -2.15. The third-order valence-corrected chi connectivity index (χ3v) is 10.1. The second kappa shape index (κ2) is 9.49. The van der Waals surface area contributed by atoms with Gasteiger partial charge in [-0.1, -0.05) is 18.2 Å². The lowest BCUT2D eigenvalue weighted by atomic mass is 10.2. The number of para-hydroxylation sites is 2. The number of benzene rings is 3. The Balaban J connectivity index is 1.33. The molecule has 6 rings (SSSR count). The Labute approximate surface area is 229 Å². The topological polar surface area (TPSA) is 96.9 Å². The van der Waals surface area contributed by atoms with Gasteiger partial charge in [-0.05, 0) is 89.1 Å². The van der Waals surface area contributed by atoms with Crippen LogP contribution in [0.4, 0.5) is 17.3 Å². The molecule has 0 unspecified atom stereocenters. The molecule has 3 aromatic carbocycles. The molecule has 11 heteroatoms. The molecule has 0 aliphatic heterocycles. The van der Waals surface area contributed by atoms with Crippen molar-refractivity contribution >= 4 is 87.2 Å². The molecular formula is C26H18BrN5O2S3. The Kier molecular flexibility index (Phi) is 6.15. The van der Waals surface area contributed by atoms with Crippen molar-refractivity contribution in [3.63, 3.8) is 0 Å². The lowest BCUT2D eigenvalue weighted by Gasteiger charge is -2.13. The number of aryl methyl sites for hydroxylation is 1. The first-order valence-electron chi connectivity index (χ1n) is 11.1. The first kappa shape index (κ1) is 24.0. The fourth-order valence-electron chi connectivity index (χ4n) is 3.77. The average molecular weight is 609 g/mol. The monoisotopic (exact) mass is 607 g/mol. The molecule has 0 amide bonds. The fraction of sp³-hybridized carbons (Fsp3) is 0.0385. The van der Waals surface area contributed by atoms with Gasteiger partial charge in [0.05, 0.1) is 25.0 Å². The quantitative estimate of drug-likeness (QED) is 0.202. The molecule has 0 bridgehead atoms. The number of rotatable bonds is 6. The third kappa shape index (κ3) is 4.95. The second-order valence-corrected chi connectivity index (χ2v) is 13.7. The number of hydrogen-bond acceptors (Lipinski definition) is 8. The molecule has 184 valence electrons. The lowest BCUT2D eigenvalue weighted by molar-refractivity contribution is 0.603. The Morgan fingerprint density at radius 3 is 2.22 bits per heavy atom. The number of thiophene rings is 1. The fourth-order valence-corrected chi connectivity index (χ4v) is 7.85. The summed E-state index contributed by atoms with van der Waals surface area (Å²) in [5.74, 6) is 0.426. The Morgan fingerprint density at radius 1 is 0.784 bits per heavy atom. The maximum atomic E-state index is 13.0. The number of halogens is 1. The van der Waals surface area contributed by atoms with Gasteiger partial charge in [0.1, 0.15) is 9.22 Å². The van der Waals surface area contributed by atoms with E-state index in [0.29, 0.717) is 16.9 Å². The number of thiazole rings is 1. The second-order valence-electron chi connectivity index (χ2n) is 8.27. The summed E-state index contributed by atoms with van der Waals surface area (Å²) in [7, 11) is -3.85. The minimum atomic E-state index is -3.85. The van der Waals surface area contributed by atoms with Crippen LogP contribution in [-0.2, 0) is 10.0 Å². The Morgan fingerprint density at radius 2 is 1.51 bits per heavy atom. The predicted octanol–water partition coefficient (Wildman–Crippen LogP) is 7.58. The van der Waals surface area contributed by atoms with E-state index in [1.165, 1.54) is 5.56 Å². The van der Waals surface area contributed by atoms with E-state index in [-0.39, 0.29) is 10.0 Å². The predicted molar refractivity (Wildman–Crippen MR) is 155 cm³/mol. The van der Waals surface area contributed by atoms with Gasteiger partial charge >= 0.3 is 0 Å². The number of nitrogens with one attached hydrogen (secondary N) is 2. The van der Waals surface area contributed by atoms with Crippen LogP contribution in [0.1, 0.15) is 5.56 Å². The Bertz CT molecular complexity index is 1880. The van der Waals surface area contributed by atoms with Crippen molar-refractivity contribution in [1.82, 2.24) is 15.0 Å². The van der Waals surface area contributed by atoms with Crippen molar-refractivity contribution in [3.8, 4) is 10.6 Å². The highest BCUT2D eigenvalue weighted by atomic mass is 79.9. The molecule has 0 radical (unpaired) electrons. The van der Waals surface area contributed by atoms with E-state index in [1.807, 2.05) is 48.5 Å². The maximum absolute atomic E-state index is 13.0. The van der Waals surface area contributed by atoms with E-state index < -0.39 is 10.0 Å². The molecule has 7 nitrogen and oxygen atoms in total. The third-order valence-electron chi connectivity index (χ3n) is 5.55. The van der Waals surface area contributed by atoms with Gasteiger partial charge in [0.2, 0.25) is 0 Å². The van der Waals surface area contributed by atoms with Crippen LogP contribution >= 0.6 is 38.6 Å². The van der Waals surface area contributed by atoms with Crippen LogP contribution in [0, 0.1) is 6.92 Å². The van der Waals surface area contributed by atoms with Crippen LogP contribution in [0.15, 0.2) is 86.9 Å². The van der Waals surface area contributed by atoms with Gasteiger partial charge < -0.3 is 5.32 Å². The molecule has 0 saturated heterocycles. The molecule has 3 heterocycles. The van der Waals surface area contributed by atoms with E-state index in [0.717, 1.165) is 41.6 Å². The number of hydrogen-bond donors (Lipinski definition) is 2. The van der Waals surface area contributed by atoms with Gasteiger partial charge in [-0.3, -0.25) is 4.72 Å². The van der Waals surface area contributed by atoms with Crippen molar-refractivity contribution < 1.29 is 8.42 Å². The summed E-state index contributed by atoms with van der Waals surface area (Å²) in [4.78, 5) is 14.0. The molecule has 0 spiro atoms. The van der Waals surface area contributed by atoms with Crippen LogP contribution in [0.5, 0.6) is 0 Å². The van der Waals surface area contributed by atoms with Gasteiger partial charge in [-0.25, -0.2) is 23.4 Å². The highest BCUT2D eigenvalue weighted by molar-refractivity contribution is 9.11. The van der Waals surface area contributed by atoms with Crippen molar-refractivity contribution in [2.75, 3.05) is 10.0 Å². The normalized spacial score (nSPS) is 11.7. The van der Waals surface area contributed by atoms with Gasteiger partial charge in [0.15, 0.2) is 11.6 Å². The first-order valence-corrected chi connectivity index (χ1v) is 15.0. The van der Waals surface area contributed by atoms with Crippen LogP contribution in [0.3, 0.4) is 0 Å². The number of sulfonamides is 1. The zero-order chi connectivity index (χ0) is 25.6. The van der Waals surface area contributed by atoms with Crippen molar-refractivity contribution in [3.05, 3.63) is 88.2 Å². The molecule has 0 aliphatic rings. The summed E-state index contributed by atoms with van der Waals surface area (Å²) < 4.78 is 30.7. The number of fused-ring (bicyclic) bond motifs is 2. The standard InChI is InChI=1S/C26H18BrN5O2S3/c1-15-6-11-20-21(14-15)35-26(31-20)16-7-9-17(10-8-16)28-24-25(30-19-5-3-2-4-18(19)29-24)32-37(33,34)23-13-12-22(27)36-23/h2-14H,1H3,(H,28,29)(H,30,32). The van der Waals surface area contributed by atoms with Gasteiger partial charge in [0.25, 0.3) is 10.0 Å². The summed E-state index contributed by atoms with van der Waals surface area (Å²) in [5, 5.41) is 4.17. The van der Waals surface area contributed by atoms with E-state index in [4.69, 9.17) is 4.98 Å². The van der Waals surface area contributed by atoms with E-state index in [9.17, 15) is 8.42 Å². The molecule has 2 N–H and O–H groups in total. The summed E-state index contributed by atoms with van der Waals surface area (Å²) in [6.45, 7) is 2.07. The summed E-state index contributed by atoms with van der Waals surface area (Å²) in [6.07, 6.45) is 0. The first-order chi connectivity index (χ1) is 17.8. The van der Waals surface area contributed by atoms with Crippen LogP contribution in [0.2, 0.25) is 0 Å². The molecule has 0 aliphatic carbocycles. The minimum Gasteiger partial charge on any atom is -0.337 e. The van der Waals surface area contributed by atoms with Gasteiger partial charge in [-0.2, -0.15) is 0 Å². The van der Waals surface area contributed by atoms with Gasteiger partial charge in [-0.15, -0.1) is 22.7 Å². The molecule has 37 heavy (non-hydrogen) atoms. The van der Waals surface area contributed by atoms with E-state index in [1.54, 1.807) is 29.5 Å². The van der Waals surface area contributed by atoms with Crippen molar-refractivity contribution in [1.29, 1.82) is 0 Å². The molecular weight excluding hydrogens is 590 g/mol. The molecule has 6 aromatic rings. The zero-order valence-electron chi connectivity index (χ0n) is 19.3. The number of aromatic nitrogens is 3. The van der Waals surface area contributed by atoms with Crippen LogP contribution in [-0.4, -0.2) is 23.4 Å². The largest absolute Gasteiger partial charge is 0.337 e. The molecule has 0 saturated carbocycles. The molecule has 0 fully saturated rings. The number of anilines is 3. The minimum absolute atomic E-state index is 0.119. The summed E-state index contributed by atoms with van der Waals surface area (Å²) in [5.41, 5.74) is 5.15. The molecule has 3 aromatic heterocycles. The molecule has 0 atom stereocenters. The SMILES string of the molecule is Cc1ccc2nc(-c3ccc(Nc4nc5ccccc5nc4NS(=O)(=O)c4ccc(Br)s4)cc3)sc2c1. The van der Waals surface area contributed by atoms with E-state index >= 15 is 0 Å². The average Bonchev–Trinajstić information content (AvgIpc) is 3.51. The van der Waals surface area contributed by atoms with Crippen LogP contribution < -0.4 is 10.0 Å². The summed E-state index contributed by atoms with van der Waals surface area (Å²) >= 11 is 6.09. The maximum Gasteiger partial charge on any atom is 0.272 e. The smallest absolute Gasteiger partial charge is 0.272 e. The van der Waals surface area contributed by atoms with Crippen molar-refractivity contribution in [2.24, 2.45) is 0 Å². The van der Waals surface area contributed by atoms with Gasteiger partial charge in [0, 0.05) is 11.3 Å².